The molecule has 1 aliphatic rings. The van der Waals surface area contributed by atoms with Gasteiger partial charge in [0.25, 0.3) is 0 Å². The van der Waals surface area contributed by atoms with Gasteiger partial charge in [-0.05, 0) is 31.5 Å². The van der Waals surface area contributed by atoms with E-state index in [1.807, 2.05) is 50.2 Å². The summed E-state index contributed by atoms with van der Waals surface area (Å²) in [5, 5.41) is -0.511. The Morgan fingerprint density at radius 2 is 1.33 bits per heavy atom. The molecule has 0 bridgehead atoms. The molecular weight excluding hydrogens is 282 g/mol. The Kier molecular flexibility index (Phi) is 3.38. The molecule has 0 spiro atoms. The quantitative estimate of drug-likeness (QED) is 0.948. The fourth-order valence-electron chi connectivity index (χ4n) is 2.79. The van der Waals surface area contributed by atoms with Crippen molar-refractivity contribution in [3.63, 3.8) is 0 Å². The zero-order valence-electron chi connectivity index (χ0n) is 12.2. The van der Waals surface area contributed by atoms with E-state index < -0.39 is 15.1 Å². The highest BCUT2D eigenvalue weighted by molar-refractivity contribution is 7.92. The Morgan fingerprint density at radius 1 is 0.857 bits per heavy atom. The minimum absolute atomic E-state index is 0.100. The molecule has 3 nitrogen and oxygen atoms in total. The molecule has 110 valence electrons. The van der Waals surface area contributed by atoms with Gasteiger partial charge in [0.05, 0.1) is 10.1 Å². The Bertz CT molecular complexity index is 748. The molecule has 0 saturated heterocycles. The first-order valence-corrected chi connectivity index (χ1v) is 8.58. The summed E-state index contributed by atoms with van der Waals surface area (Å²) in [5.41, 5.74) is 9.27. The molecule has 2 N–H and O–H groups in total. The van der Waals surface area contributed by atoms with Crippen LogP contribution in [0.1, 0.15) is 22.6 Å². The number of sulfone groups is 1. The molecule has 0 heterocycles. The van der Waals surface area contributed by atoms with Crippen molar-refractivity contribution in [1.82, 2.24) is 0 Å². The summed E-state index contributed by atoms with van der Waals surface area (Å²) in [7, 11) is -3.36. The highest BCUT2D eigenvalue weighted by Crippen LogP contribution is 2.47. The van der Waals surface area contributed by atoms with Crippen LogP contribution < -0.4 is 5.73 Å². The summed E-state index contributed by atoms with van der Waals surface area (Å²) in [6.45, 7) is 3.95. The molecule has 0 aromatic heterocycles. The zero-order valence-corrected chi connectivity index (χ0v) is 13.0. The second kappa shape index (κ2) is 4.97. The van der Waals surface area contributed by atoms with E-state index in [-0.39, 0.29) is 12.0 Å². The van der Waals surface area contributed by atoms with E-state index in [9.17, 15) is 8.42 Å². The Morgan fingerprint density at radius 3 is 1.86 bits per heavy atom. The van der Waals surface area contributed by atoms with Gasteiger partial charge in [0.15, 0.2) is 9.84 Å². The van der Waals surface area contributed by atoms with Gasteiger partial charge in [0.1, 0.15) is 0 Å². The van der Waals surface area contributed by atoms with E-state index in [0.717, 1.165) is 16.7 Å². The molecule has 2 aromatic carbocycles. The second-order valence-electron chi connectivity index (χ2n) is 5.84. The van der Waals surface area contributed by atoms with Crippen molar-refractivity contribution in [3.05, 3.63) is 65.2 Å². The van der Waals surface area contributed by atoms with Gasteiger partial charge in [-0.3, -0.25) is 0 Å². The van der Waals surface area contributed by atoms with E-state index in [2.05, 4.69) is 0 Å². The molecule has 0 aliphatic heterocycles. The molecule has 0 unspecified atom stereocenters. The number of aryl methyl sites for hydroxylation is 2. The average molecular weight is 301 g/mol. The topological polar surface area (TPSA) is 60.2 Å². The standard InChI is InChI=1S/C17H19NO2S/c1-11-3-7-13(8-4-11)15-16(18)17(15)21(19,20)14-9-5-12(2)6-10-14/h3-10,15-17H,18H2,1-2H3/t15-,16-,17+/m1/s1. The maximum Gasteiger partial charge on any atom is 0.183 e. The van der Waals surface area contributed by atoms with Crippen molar-refractivity contribution in [2.75, 3.05) is 0 Å². The highest BCUT2D eigenvalue weighted by atomic mass is 32.2. The third kappa shape index (κ3) is 2.49. The van der Waals surface area contributed by atoms with Gasteiger partial charge in [-0.2, -0.15) is 0 Å². The van der Waals surface area contributed by atoms with Crippen LogP contribution in [0.3, 0.4) is 0 Å². The van der Waals surface area contributed by atoms with Crippen molar-refractivity contribution < 1.29 is 8.42 Å². The SMILES string of the molecule is Cc1ccc([C@@H]2[C@@H](N)[C@H]2S(=O)(=O)c2ccc(C)cc2)cc1. The van der Waals surface area contributed by atoms with Crippen molar-refractivity contribution in [3.8, 4) is 0 Å². The predicted octanol–water partition coefficient (Wildman–Crippen LogP) is 2.57. The summed E-state index contributed by atoms with van der Waals surface area (Å²) < 4.78 is 25.4. The minimum atomic E-state index is -3.36. The van der Waals surface area contributed by atoms with E-state index >= 15 is 0 Å². The summed E-state index contributed by atoms with van der Waals surface area (Å²) >= 11 is 0. The van der Waals surface area contributed by atoms with Gasteiger partial charge >= 0.3 is 0 Å². The lowest BCUT2D eigenvalue weighted by Crippen LogP contribution is -2.15. The van der Waals surface area contributed by atoms with Crippen LogP contribution in [0, 0.1) is 13.8 Å². The Hall–Kier alpha value is -1.65. The van der Waals surface area contributed by atoms with Gasteiger partial charge in [-0.15, -0.1) is 0 Å². The van der Waals surface area contributed by atoms with Crippen LogP contribution in [-0.4, -0.2) is 19.7 Å². The third-order valence-electron chi connectivity index (χ3n) is 4.18. The summed E-state index contributed by atoms with van der Waals surface area (Å²) in [4.78, 5) is 0.364. The molecule has 0 amide bonds. The molecule has 21 heavy (non-hydrogen) atoms. The van der Waals surface area contributed by atoms with Crippen molar-refractivity contribution >= 4 is 9.84 Å². The molecule has 1 fully saturated rings. The minimum Gasteiger partial charge on any atom is -0.326 e. The van der Waals surface area contributed by atoms with Crippen LogP contribution in [0.2, 0.25) is 0 Å². The molecule has 1 aliphatic carbocycles. The number of rotatable bonds is 3. The van der Waals surface area contributed by atoms with Crippen molar-refractivity contribution in [2.45, 2.75) is 36.0 Å². The van der Waals surface area contributed by atoms with Crippen molar-refractivity contribution in [2.24, 2.45) is 5.73 Å². The van der Waals surface area contributed by atoms with Crippen LogP contribution >= 0.6 is 0 Å². The van der Waals surface area contributed by atoms with Gasteiger partial charge in [-0.1, -0.05) is 47.5 Å². The highest BCUT2D eigenvalue weighted by Gasteiger charge is 2.56. The molecule has 0 radical (unpaired) electrons. The first kappa shape index (κ1) is 14.3. The lowest BCUT2D eigenvalue weighted by Gasteiger charge is -2.05. The summed E-state index contributed by atoms with van der Waals surface area (Å²) in [6, 6.07) is 14.6. The van der Waals surface area contributed by atoms with Crippen LogP contribution in [0.25, 0.3) is 0 Å². The fraction of sp³-hybridized carbons (Fsp3) is 0.294. The van der Waals surface area contributed by atoms with Crippen LogP contribution in [0.5, 0.6) is 0 Å². The molecule has 3 rings (SSSR count). The zero-order chi connectivity index (χ0) is 15.2. The maximum absolute atomic E-state index is 12.7. The lowest BCUT2D eigenvalue weighted by atomic mass is 10.1. The lowest BCUT2D eigenvalue weighted by molar-refractivity contribution is 0.593. The first-order chi connectivity index (χ1) is 9.91. The molecule has 1 saturated carbocycles. The molecule has 2 aromatic rings. The van der Waals surface area contributed by atoms with E-state index in [1.165, 1.54) is 0 Å². The normalized spacial score (nSPS) is 24.8. The summed E-state index contributed by atoms with van der Waals surface area (Å²) in [5.74, 6) is -0.100. The average Bonchev–Trinajstić information content (AvgIpc) is 3.12. The van der Waals surface area contributed by atoms with Gasteiger partial charge < -0.3 is 5.73 Å². The second-order valence-corrected chi connectivity index (χ2v) is 7.94. The largest absolute Gasteiger partial charge is 0.326 e. The monoisotopic (exact) mass is 301 g/mol. The fourth-order valence-corrected chi connectivity index (χ4v) is 4.84. The number of benzene rings is 2. The first-order valence-electron chi connectivity index (χ1n) is 7.04. The number of hydrogen-bond donors (Lipinski definition) is 1. The molecule has 4 heteroatoms. The van der Waals surface area contributed by atoms with Gasteiger partial charge in [-0.25, -0.2) is 8.42 Å². The molecule has 3 atom stereocenters. The van der Waals surface area contributed by atoms with Gasteiger partial charge in [0, 0.05) is 12.0 Å². The van der Waals surface area contributed by atoms with E-state index in [4.69, 9.17) is 5.73 Å². The van der Waals surface area contributed by atoms with Crippen LogP contribution in [0.15, 0.2) is 53.4 Å². The van der Waals surface area contributed by atoms with Crippen LogP contribution in [0.4, 0.5) is 0 Å². The summed E-state index contributed by atoms with van der Waals surface area (Å²) in [6.07, 6.45) is 0. The van der Waals surface area contributed by atoms with Gasteiger partial charge in [0.2, 0.25) is 0 Å². The smallest absolute Gasteiger partial charge is 0.183 e. The maximum atomic E-state index is 12.7. The van der Waals surface area contributed by atoms with E-state index in [0.29, 0.717) is 4.90 Å². The molecular formula is C17H19NO2S. The Balaban J connectivity index is 1.91. The Labute approximate surface area is 125 Å². The number of hydrogen-bond acceptors (Lipinski definition) is 3. The predicted molar refractivity (Wildman–Crippen MR) is 84.0 cm³/mol. The third-order valence-corrected chi connectivity index (χ3v) is 6.43. The van der Waals surface area contributed by atoms with E-state index in [1.54, 1.807) is 12.1 Å². The number of nitrogens with two attached hydrogens (primary N) is 1. The van der Waals surface area contributed by atoms with Crippen molar-refractivity contribution in [1.29, 1.82) is 0 Å². The van der Waals surface area contributed by atoms with Crippen LogP contribution in [-0.2, 0) is 9.84 Å².